The van der Waals surface area contributed by atoms with E-state index in [2.05, 4.69) is 45.4 Å². The summed E-state index contributed by atoms with van der Waals surface area (Å²) in [5, 5.41) is 3.24. The van der Waals surface area contributed by atoms with Gasteiger partial charge in [0.25, 0.3) is 0 Å². The van der Waals surface area contributed by atoms with Crippen LogP contribution in [0.5, 0.6) is 0 Å². The third-order valence-electron chi connectivity index (χ3n) is 3.51. The maximum atomic E-state index is 4.46. The molecule has 0 amide bonds. The Labute approximate surface area is 130 Å². The summed E-state index contributed by atoms with van der Waals surface area (Å²) in [6, 6.07) is 14.2. The number of benzene rings is 1. The van der Waals surface area contributed by atoms with E-state index < -0.39 is 0 Å². The molecule has 22 heavy (non-hydrogen) atoms. The number of aryl methyl sites for hydroxylation is 1. The zero-order valence-electron chi connectivity index (χ0n) is 12.6. The number of rotatable bonds is 4. The molecular formula is C17H19N5. The van der Waals surface area contributed by atoms with Crippen LogP contribution < -0.4 is 5.32 Å². The first-order valence-electron chi connectivity index (χ1n) is 7.32. The molecule has 0 spiro atoms. The lowest BCUT2D eigenvalue weighted by atomic mass is 10.2. The van der Waals surface area contributed by atoms with Crippen LogP contribution in [0.15, 0.2) is 58.6 Å². The largest absolute Gasteiger partial charge is 0.350 e. The summed E-state index contributed by atoms with van der Waals surface area (Å²) < 4.78 is 0. The van der Waals surface area contributed by atoms with Crippen LogP contribution >= 0.6 is 0 Å². The molecule has 2 heterocycles. The zero-order valence-corrected chi connectivity index (χ0v) is 12.6. The van der Waals surface area contributed by atoms with Crippen LogP contribution in [0.25, 0.3) is 0 Å². The second kappa shape index (κ2) is 6.85. The maximum absolute atomic E-state index is 4.46. The van der Waals surface area contributed by atoms with E-state index in [1.165, 1.54) is 11.1 Å². The Morgan fingerprint density at radius 1 is 1.14 bits per heavy atom. The van der Waals surface area contributed by atoms with E-state index >= 15 is 0 Å². The van der Waals surface area contributed by atoms with Crippen molar-refractivity contribution >= 4 is 12.3 Å². The van der Waals surface area contributed by atoms with E-state index in [9.17, 15) is 0 Å². The molecule has 0 unspecified atom stereocenters. The predicted molar refractivity (Wildman–Crippen MR) is 88.6 cm³/mol. The minimum Gasteiger partial charge on any atom is -0.350 e. The molecule has 1 aliphatic heterocycles. The predicted octanol–water partition coefficient (Wildman–Crippen LogP) is 2.34. The normalized spacial score (nSPS) is 13.9. The van der Waals surface area contributed by atoms with Crippen LogP contribution in [0, 0.1) is 6.92 Å². The lowest BCUT2D eigenvalue weighted by Gasteiger charge is -2.21. The number of aromatic nitrogens is 1. The summed E-state index contributed by atoms with van der Waals surface area (Å²) in [6.07, 6.45) is 3.65. The van der Waals surface area contributed by atoms with Crippen molar-refractivity contribution in [3.63, 3.8) is 0 Å². The molecule has 1 aliphatic rings. The summed E-state index contributed by atoms with van der Waals surface area (Å²) in [4.78, 5) is 15.3. The molecule has 1 aromatic heterocycles. The minimum absolute atomic E-state index is 0.594. The number of guanidine groups is 1. The van der Waals surface area contributed by atoms with Crippen LogP contribution in [0.2, 0.25) is 0 Å². The molecule has 0 bridgehead atoms. The summed E-state index contributed by atoms with van der Waals surface area (Å²) in [5.41, 5.74) is 3.46. The summed E-state index contributed by atoms with van der Waals surface area (Å²) in [6.45, 7) is 4.12. The maximum Gasteiger partial charge on any atom is 0.221 e. The van der Waals surface area contributed by atoms with Gasteiger partial charge in [-0.3, -0.25) is 4.98 Å². The monoisotopic (exact) mass is 293 g/mol. The number of hydrogen-bond donors (Lipinski definition) is 1. The molecule has 2 aromatic rings. The molecule has 112 valence electrons. The Morgan fingerprint density at radius 3 is 2.73 bits per heavy atom. The van der Waals surface area contributed by atoms with Crippen molar-refractivity contribution in [2.75, 3.05) is 6.67 Å². The molecule has 0 saturated heterocycles. The molecule has 0 fully saturated rings. The molecule has 0 radical (unpaired) electrons. The van der Waals surface area contributed by atoms with Gasteiger partial charge in [-0.1, -0.05) is 36.4 Å². The van der Waals surface area contributed by atoms with Gasteiger partial charge in [0.2, 0.25) is 5.96 Å². The Balaban J connectivity index is 1.52. The van der Waals surface area contributed by atoms with Crippen LogP contribution in [-0.4, -0.2) is 28.9 Å². The van der Waals surface area contributed by atoms with Crippen molar-refractivity contribution in [1.82, 2.24) is 15.2 Å². The van der Waals surface area contributed by atoms with Crippen LogP contribution in [0.4, 0.5) is 0 Å². The third kappa shape index (κ3) is 3.69. The highest BCUT2D eigenvalue weighted by molar-refractivity contribution is 5.88. The lowest BCUT2D eigenvalue weighted by molar-refractivity contribution is 0.426. The third-order valence-corrected chi connectivity index (χ3v) is 3.51. The summed E-state index contributed by atoms with van der Waals surface area (Å²) in [7, 11) is 0. The fourth-order valence-corrected chi connectivity index (χ4v) is 2.22. The standard InChI is InChI=1S/C17H19N5/c1-14-6-5-9-18-16(14)11-22-12-20-17(21-13-22)19-10-15-7-3-2-4-8-15/h2-9,12H,10-11,13H2,1H3,(H,19,21). The molecule has 0 saturated carbocycles. The van der Waals surface area contributed by atoms with Crippen molar-refractivity contribution in [2.45, 2.75) is 20.0 Å². The second-order valence-electron chi connectivity index (χ2n) is 5.22. The number of pyridine rings is 1. The van der Waals surface area contributed by atoms with Crippen LogP contribution in [0.1, 0.15) is 16.8 Å². The van der Waals surface area contributed by atoms with Gasteiger partial charge in [-0.15, -0.1) is 0 Å². The number of aliphatic imine (C=N–C) groups is 2. The van der Waals surface area contributed by atoms with Crippen LogP contribution in [0.3, 0.4) is 0 Å². The van der Waals surface area contributed by atoms with Gasteiger partial charge in [-0.25, -0.2) is 9.98 Å². The first-order valence-corrected chi connectivity index (χ1v) is 7.32. The van der Waals surface area contributed by atoms with Gasteiger partial charge >= 0.3 is 0 Å². The number of hydrogen-bond acceptors (Lipinski definition) is 5. The van der Waals surface area contributed by atoms with Crippen molar-refractivity contribution in [3.05, 3.63) is 65.5 Å². The molecule has 5 heteroatoms. The van der Waals surface area contributed by atoms with Crippen molar-refractivity contribution in [2.24, 2.45) is 9.98 Å². The smallest absolute Gasteiger partial charge is 0.221 e. The van der Waals surface area contributed by atoms with Crippen molar-refractivity contribution < 1.29 is 0 Å². The fraction of sp³-hybridized carbons (Fsp3) is 0.235. The molecule has 0 aliphatic carbocycles. The van der Waals surface area contributed by atoms with Gasteiger partial charge in [-0.2, -0.15) is 0 Å². The molecule has 5 nitrogen and oxygen atoms in total. The van der Waals surface area contributed by atoms with Gasteiger partial charge in [0.05, 0.1) is 18.6 Å². The highest BCUT2D eigenvalue weighted by Gasteiger charge is 2.09. The van der Waals surface area contributed by atoms with Gasteiger partial charge in [-0.05, 0) is 24.1 Å². The zero-order chi connectivity index (χ0) is 15.2. The molecule has 3 rings (SSSR count). The lowest BCUT2D eigenvalue weighted by Crippen LogP contribution is -2.32. The molecular weight excluding hydrogens is 274 g/mol. The van der Waals surface area contributed by atoms with E-state index in [1.807, 2.05) is 41.7 Å². The van der Waals surface area contributed by atoms with Crippen molar-refractivity contribution in [3.8, 4) is 0 Å². The minimum atomic E-state index is 0.594. The van der Waals surface area contributed by atoms with E-state index in [0.29, 0.717) is 12.6 Å². The first kappa shape index (κ1) is 14.3. The van der Waals surface area contributed by atoms with Crippen molar-refractivity contribution in [1.29, 1.82) is 0 Å². The van der Waals surface area contributed by atoms with E-state index in [-0.39, 0.29) is 0 Å². The van der Waals surface area contributed by atoms with Crippen LogP contribution in [-0.2, 0) is 13.1 Å². The Hall–Kier alpha value is -2.69. The fourth-order valence-electron chi connectivity index (χ4n) is 2.22. The van der Waals surface area contributed by atoms with Gasteiger partial charge in [0.15, 0.2) is 0 Å². The average Bonchev–Trinajstić information content (AvgIpc) is 2.57. The second-order valence-corrected chi connectivity index (χ2v) is 5.22. The van der Waals surface area contributed by atoms with Gasteiger partial charge < -0.3 is 10.2 Å². The number of nitrogens with zero attached hydrogens (tertiary/aromatic N) is 4. The Morgan fingerprint density at radius 2 is 2.00 bits per heavy atom. The topological polar surface area (TPSA) is 52.9 Å². The molecule has 1 N–H and O–H groups in total. The summed E-state index contributed by atoms with van der Waals surface area (Å²) >= 11 is 0. The molecule has 1 aromatic carbocycles. The molecule has 0 atom stereocenters. The first-order chi connectivity index (χ1) is 10.8. The Kier molecular flexibility index (Phi) is 4.44. The average molecular weight is 293 g/mol. The Bertz CT molecular complexity index is 678. The van der Waals surface area contributed by atoms with E-state index in [4.69, 9.17) is 0 Å². The van der Waals surface area contributed by atoms with Gasteiger partial charge in [0.1, 0.15) is 6.67 Å². The summed E-state index contributed by atoms with van der Waals surface area (Å²) in [5.74, 6) is 0.679. The van der Waals surface area contributed by atoms with Gasteiger partial charge in [0, 0.05) is 12.7 Å². The van der Waals surface area contributed by atoms with E-state index in [0.717, 1.165) is 18.8 Å². The quantitative estimate of drug-likeness (QED) is 0.941. The highest BCUT2D eigenvalue weighted by Crippen LogP contribution is 2.07. The highest BCUT2D eigenvalue weighted by atomic mass is 15.3. The number of nitrogens with one attached hydrogen (secondary N) is 1. The SMILES string of the molecule is Cc1cccnc1CN1C=NC(NCc2ccccc2)=NC1. The van der Waals surface area contributed by atoms with E-state index in [1.54, 1.807) is 0 Å².